The van der Waals surface area contributed by atoms with Gasteiger partial charge in [-0.1, -0.05) is 19.1 Å². The molecule has 0 aliphatic heterocycles. The molecule has 1 aromatic carbocycles. The summed E-state index contributed by atoms with van der Waals surface area (Å²) < 4.78 is 0. The Bertz CT molecular complexity index is 526. The number of carboxylic acids is 1. The average Bonchev–Trinajstić information content (AvgIpc) is 3.21. The molecule has 1 fully saturated rings. The van der Waals surface area contributed by atoms with Gasteiger partial charge in [0.1, 0.15) is 5.56 Å². The lowest BCUT2D eigenvalue weighted by Gasteiger charge is -2.22. The van der Waals surface area contributed by atoms with Crippen LogP contribution in [-0.4, -0.2) is 33.5 Å². The van der Waals surface area contributed by atoms with Crippen LogP contribution >= 0.6 is 0 Å². The molecule has 0 bridgehead atoms. The Kier molecular flexibility index (Phi) is 4.34. The third-order valence-corrected chi connectivity index (χ3v) is 3.49. The van der Waals surface area contributed by atoms with E-state index in [0.717, 1.165) is 25.8 Å². The fraction of sp³-hybridized carbons (Fsp3) is 0.500. The molecule has 0 radical (unpaired) electrons. The van der Waals surface area contributed by atoms with Crippen molar-refractivity contribution >= 4 is 11.7 Å². The first-order valence-corrected chi connectivity index (χ1v) is 6.78. The van der Waals surface area contributed by atoms with E-state index in [-0.39, 0.29) is 11.3 Å². The van der Waals surface area contributed by atoms with Crippen LogP contribution in [0.25, 0.3) is 0 Å². The van der Waals surface area contributed by atoms with Crippen LogP contribution in [0, 0.1) is 10.1 Å². The molecule has 1 aliphatic rings. The van der Waals surface area contributed by atoms with Gasteiger partial charge in [0, 0.05) is 18.7 Å². The SMILES string of the molecule is CCCN(Cc1cccc([N+](=O)[O-])c1C(=O)O)C1CC1. The van der Waals surface area contributed by atoms with Gasteiger partial charge in [0.15, 0.2) is 0 Å². The van der Waals surface area contributed by atoms with Gasteiger partial charge in [-0.3, -0.25) is 15.0 Å². The van der Waals surface area contributed by atoms with Crippen LogP contribution in [-0.2, 0) is 6.54 Å². The molecule has 1 saturated carbocycles. The Morgan fingerprint density at radius 2 is 2.20 bits per heavy atom. The number of benzene rings is 1. The molecule has 1 aliphatic carbocycles. The summed E-state index contributed by atoms with van der Waals surface area (Å²) in [6, 6.07) is 4.96. The van der Waals surface area contributed by atoms with Crippen LogP contribution in [0.2, 0.25) is 0 Å². The number of aromatic carboxylic acids is 1. The first-order valence-electron chi connectivity index (χ1n) is 6.78. The number of nitrogens with zero attached hydrogens (tertiary/aromatic N) is 2. The topological polar surface area (TPSA) is 83.7 Å². The van der Waals surface area contributed by atoms with Crippen molar-refractivity contribution in [2.45, 2.75) is 38.8 Å². The quantitative estimate of drug-likeness (QED) is 0.612. The molecule has 1 aromatic rings. The number of nitro benzene ring substituents is 1. The molecule has 6 heteroatoms. The number of carbonyl (C=O) groups is 1. The van der Waals surface area contributed by atoms with E-state index in [1.54, 1.807) is 12.1 Å². The van der Waals surface area contributed by atoms with E-state index in [0.29, 0.717) is 18.2 Å². The molecule has 0 saturated heterocycles. The van der Waals surface area contributed by atoms with Crippen LogP contribution in [0.5, 0.6) is 0 Å². The summed E-state index contributed by atoms with van der Waals surface area (Å²) in [7, 11) is 0. The van der Waals surface area contributed by atoms with Gasteiger partial charge in [0.25, 0.3) is 5.69 Å². The van der Waals surface area contributed by atoms with E-state index >= 15 is 0 Å². The molecular formula is C14H18N2O4. The highest BCUT2D eigenvalue weighted by atomic mass is 16.6. The molecule has 0 heterocycles. The molecule has 108 valence electrons. The van der Waals surface area contributed by atoms with Gasteiger partial charge in [-0.2, -0.15) is 0 Å². The minimum atomic E-state index is -1.24. The molecule has 2 rings (SSSR count). The third kappa shape index (κ3) is 3.14. The van der Waals surface area contributed by atoms with Crippen LogP contribution < -0.4 is 0 Å². The van der Waals surface area contributed by atoms with Crippen molar-refractivity contribution in [1.29, 1.82) is 0 Å². The Hall–Kier alpha value is -1.95. The molecule has 0 aromatic heterocycles. The van der Waals surface area contributed by atoms with Crippen LogP contribution in [0.15, 0.2) is 18.2 Å². The van der Waals surface area contributed by atoms with E-state index in [1.807, 2.05) is 0 Å². The largest absolute Gasteiger partial charge is 0.477 e. The van der Waals surface area contributed by atoms with Crippen molar-refractivity contribution < 1.29 is 14.8 Å². The van der Waals surface area contributed by atoms with Gasteiger partial charge in [0.05, 0.1) is 4.92 Å². The van der Waals surface area contributed by atoms with E-state index in [1.165, 1.54) is 6.07 Å². The van der Waals surface area contributed by atoms with E-state index < -0.39 is 10.9 Å². The summed E-state index contributed by atoms with van der Waals surface area (Å²) in [5.74, 6) is -1.24. The first kappa shape index (κ1) is 14.5. The Morgan fingerprint density at radius 3 is 2.70 bits per heavy atom. The van der Waals surface area contributed by atoms with Crippen molar-refractivity contribution in [3.63, 3.8) is 0 Å². The van der Waals surface area contributed by atoms with Crippen molar-refractivity contribution in [3.8, 4) is 0 Å². The number of rotatable bonds is 7. The summed E-state index contributed by atoms with van der Waals surface area (Å²) in [6.07, 6.45) is 3.22. The van der Waals surface area contributed by atoms with Crippen LogP contribution in [0.3, 0.4) is 0 Å². The molecule has 20 heavy (non-hydrogen) atoms. The molecule has 0 spiro atoms. The molecule has 0 atom stereocenters. The predicted molar refractivity (Wildman–Crippen MR) is 73.8 cm³/mol. The number of carboxylic acid groups (broad SMARTS) is 1. The highest BCUT2D eigenvalue weighted by molar-refractivity contribution is 5.94. The lowest BCUT2D eigenvalue weighted by Crippen LogP contribution is -2.27. The standard InChI is InChI=1S/C14H18N2O4/c1-2-8-15(11-6-7-11)9-10-4-3-5-12(16(19)20)13(10)14(17)18/h3-5,11H,2,6-9H2,1H3,(H,17,18). The summed E-state index contributed by atoms with van der Waals surface area (Å²) in [4.78, 5) is 23.9. The average molecular weight is 278 g/mol. The lowest BCUT2D eigenvalue weighted by molar-refractivity contribution is -0.385. The van der Waals surface area contributed by atoms with Crippen LogP contribution in [0.1, 0.15) is 42.1 Å². The Morgan fingerprint density at radius 1 is 1.50 bits per heavy atom. The normalized spacial score (nSPS) is 14.5. The maximum Gasteiger partial charge on any atom is 0.343 e. The minimum absolute atomic E-state index is 0.181. The van der Waals surface area contributed by atoms with Gasteiger partial charge < -0.3 is 5.11 Å². The highest BCUT2D eigenvalue weighted by Crippen LogP contribution is 2.30. The second-order valence-corrected chi connectivity index (χ2v) is 5.08. The lowest BCUT2D eigenvalue weighted by atomic mass is 10.0. The van der Waals surface area contributed by atoms with Crippen LogP contribution in [0.4, 0.5) is 5.69 Å². The van der Waals surface area contributed by atoms with Crippen molar-refractivity contribution in [3.05, 3.63) is 39.4 Å². The van der Waals surface area contributed by atoms with Gasteiger partial charge in [-0.25, -0.2) is 4.79 Å². The fourth-order valence-corrected chi connectivity index (χ4v) is 2.45. The fourth-order valence-electron chi connectivity index (χ4n) is 2.45. The van der Waals surface area contributed by atoms with Crippen molar-refractivity contribution in [2.75, 3.05) is 6.54 Å². The maximum absolute atomic E-state index is 11.3. The Labute approximate surface area is 117 Å². The second-order valence-electron chi connectivity index (χ2n) is 5.08. The number of nitro groups is 1. The first-order chi connectivity index (χ1) is 9.54. The zero-order valence-electron chi connectivity index (χ0n) is 11.4. The van der Waals surface area contributed by atoms with E-state index in [4.69, 9.17) is 0 Å². The Balaban J connectivity index is 2.32. The monoisotopic (exact) mass is 278 g/mol. The summed E-state index contributed by atoms with van der Waals surface area (Å²) in [5, 5.41) is 20.2. The predicted octanol–water partition coefficient (Wildman–Crippen LogP) is 2.67. The summed E-state index contributed by atoms with van der Waals surface area (Å²) in [6.45, 7) is 3.41. The molecule has 1 N–H and O–H groups in total. The zero-order chi connectivity index (χ0) is 14.7. The van der Waals surface area contributed by atoms with Crippen molar-refractivity contribution in [2.24, 2.45) is 0 Å². The summed E-state index contributed by atoms with van der Waals surface area (Å²) >= 11 is 0. The smallest absolute Gasteiger partial charge is 0.343 e. The van der Waals surface area contributed by atoms with Gasteiger partial charge in [-0.05, 0) is 31.4 Å². The maximum atomic E-state index is 11.3. The third-order valence-electron chi connectivity index (χ3n) is 3.49. The van der Waals surface area contributed by atoms with Crippen molar-refractivity contribution in [1.82, 2.24) is 4.90 Å². The minimum Gasteiger partial charge on any atom is -0.477 e. The zero-order valence-corrected chi connectivity index (χ0v) is 11.4. The van der Waals surface area contributed by atoms with E-state index in [9.17, 15) is 20.0 Å². The molecule has 0 unspecified atom stereocenters. The van der Waals surface area contributed by atoms with Gasteiger partial charge >= 0.3 is 5.97 Å². The van der Waals surface area contributed by atoms with Gasteiger partial charge in [0.2, 0.25) is 0 Å². The molecule has 0 amide bonds. The molecular weight excluding hydrogens is 260 g/mol. The molecule has 6 nitrogen and oxygen atoms in total. The van der Waals surface area contributed by atoms with Gasteiger partial charge in [-0.15, -0.1) is 0 Å². The summed E-state index contributed by atoms with van der Waals surface area (Å²) in [5.41, 5.74) is 0.00792. The van der Waals surface area contributed by atoms with E-state index in [2.05, 4.69) is 11.8 Å². The highest BCUT2D eigenvalue weighted by Gasteiger charge is 2.31. The number of hydrogen-bond acceptors (Lipinski definition) is 4. The second kappa shape index (κ2) is 6.00. The number of hydrogen-bond donors (Lipinski definition) is 1.